The molecule has 7 heteroatoms. The van der Waals surface area contributed by atoms with Crippen molar-refractivity contribution in [1.82, 2.24) is 9.36 Å². The van der Waals surface area contributed by atoms with Crippen LogP contribution in [0.25, 0.3) is 11.8 Å². The number of aromatic nitrogens is 2. The first kappa shape index (κ1) is 20.9. The zero-order valence-corrected chi connectivity index (χ0v) is 17.0. The Hall–Kier alpha value is -3.87. The fourth-order valence-corrected chi connectivity index (χ4v) is 2.93. The summed E-state index contributed by atoms with van der Waals surface area (Å²) in [6.07, 6.45) is 1.80. The third kappa shape index (κ3) is 4.57. The van der Waals surface area contributed by atoms with Crippen LogP contribution in [0.1, 0.15) is 18.2 Å². The van der Waals surface area contributed by atoms with E-state index in [4.69, 9.17) is 4.74 Å². The molecule has 0 saturated heterocycles. The predicted octanol–water partition coefficient (Wildman–Crippen LogP) is 3.07. The second-order valence-corrected chi connectivity index (χ2v) is 6.75. The second kappa shape index (κ2) is 9.09. The summed E-state index contributed by atoms with van der Waals surface area (Å²) in [6, 6.07) is 18.4. The summed E-state index contributed by atoms with van der Waals surface area (Å²) < 4.78 is 8.28. The molecule has 30 heavy (non-hydrogen) atoms. The number of ether oxygens (including phenoxy) is 1. The number of carbonyl (C=O) groups is 2. The Bertz CT molecular complexity index is 1130. The second-order valence-electron chi connectivity index (χ2n) is 6.75. The van der Waals surface area contributed by atoms with Crippen LogP contribution in [0.3, 0.4) is 0 Å². The summed E-state index contributed by atoms with van der Waals surface area (Å²) in [4.78, 5) is 37.4. The third-order valence-electron chi connectivity index (χ3n) is 4.68. The highest BCUT2D eigenvalue weighted by atomic mass is 16.5. The smallest absolute Gasteiger partial charge is 0.331 e. The van der Waals surface area contributed by atoms with Gasteiger partial charge in [0.2, 0.25) is 0 Å². The number of carbonyl (C=O) groups excluding carboxylic acids is 2. The molecule has 154 valence electrons. The minimum absolute atomic E-state index is 0.147. The molecule has 0 fully saturated rings. The number of nitrogens with zero attached hydrogens (tertiary/aromatic N) is 2. The average Bonchev–Trinajstić information content (AvgIpc) is 2.96. The minimum Gasteiger partial charge on any atom is -0.449 e. The van der Waals surface area contributed by atoms with Gasteiger partial charge in [-0.2, -0.15) is 0 Å². The molecule has 0 bridgehead atoms. The first-order valence-electron chi connectivity index (χ1n) is 9.47. The van der Waals surface area contributed by atoms with E-state index in [1.807, 2.05) is 48.5 Å². The van der Waals surface area contributed by atoms with Crippen LogP contribution in [-0.2, 0) is 21.4 Å². The van der Waals surface area contributed by atoms with Crippen LogP contribution in [0.4, 0.5) is 5.69 Å². The average molecular weight is 405 g/mol. The van der Waals surface area contributed by atoms with Gasteiger partial charge in [-0.3, -0.25) is 14.3 Å². The van der Waals surface area contributed by atoms with Gasteiger partial charge in [-0.1, -0.05) is 48.5 Å². The standard InChI is InChI=1S/C23H23N3O4/c1-16-21(23(29)26(25(16)3)19-12-8-5-9-13-19)24-22(28)17(2)30-20(27)15-14-18-10-6-4-7-11-18/h4-15,17H,1-3H3,(H,24,28)/b15-14+/t17-/m0/s1. The van der Waals surface area contributed by atoms with E-state index in [1.54, 1.807) is 36.9 Å². The lowest BCUT2D eigenvalue weighted by Crippen LogP contribution is -2.31. The lowest BCUT2D eigenvalue weighted by Gasteiger charge is -2.11. The summed E-state index contributed by atoms with van der Waals surface area (Å²) in [5.41, 5.74) is 1.89. The zero-order chi connectivity index (χ0) is 21.7. The van der Waals surface area contributed by atoms with Gasteiger partial charge >= 0.3 is 5.97 Å². The Labute approximate surface area is 174 Å². The number of para-hydroxylation sites is 1. The van der Waals surface area contributed by atoms with E-state index in [9.17, 15) is 14.4 Å². The van der Waals surface area contributed by atoms with Crippen LogP contribution < -0.4 is 10.9 Å². The zero-order valence-electron chi connectivity index (χ0n) is 17.0. The van der Waals surface area contributed by atoms with Crippen LogP contribution in [0.5, 0.6) is 0 Å². The Morgan fingerprint density at radius 2 is 1.63 bits per heavy atom. The number of hydrogen-bond acceptors (Lipinski definition) is 4. The normalized spacial score (nSPS) is 12.0. The number of benzene rings is 2. The maximum atomic E-state index is 12.9. The highest BCUT2D eigenvalue weighted by molar-refractivity contribution is 5.96. The molecule has 0 spiro atoms. The van der Waals surface area contributed by atoms with Crippen LogP contribution in [0, 0.1) is 6.92 Å². The first-order chi connectivity index (χ1) is 14.4. The summed E-state index contributed by atoms with van der Waals surface area (Å²) >= 11 is 0. The van der Waals surface area contributed by atoms with Gasteiger partial charge in [-0.05, 0) is 37.6 Å². The molecule has 0 radical (unpaired) electrons. The largest absolute Gasteiger partial charge is 0.449 e. The van der Waals surface area contributed by atoms with Crippen molar-refractivity contribution in [1.29, 1.82) is 0 Å². The Balaban J connectivity index is 1.71. The van der Waals surface area contributed by atoms with Gasteiger partial charge in [-0.15, -0.1) is 0 Å². The van der Waals surface area contributed by atoms with Crippen LogP contribution >= 0.6 is 0 Å². The summed E-state index contributed by atoms with van der Waals surface area (Å²) in [6.45, 7) is 3.19. The Morgan fingerprint density at radius 3 is 2.27 bits per heavy atom. The third-order valence-corrected chi connectivity index (χ3v) is 4.68. The molecular weight excluding hydrogens is 382 g/mol. The maximum absolute atomic E-state index is 12.9. The molecule has 1 N–H and O–H groups in total. The number of anilines is 1. The number of hydrogen-bond donors (Lipinski definition) is 1. The molecule has 0 aliphatic rings. The highest BCUT2D eigenvalue weighted by Gasteiger charge is 2.22. The van der Waals surface area contributed by atoms with Crippen molar-refractivity contribution < 1.29 is 14.3 Å². The van der Waals surface area contributed by atoms with E-state index in [-0.39, 0.29) is 11.2 Å². The van der Waals surface area contributed by atoms with E-state index in [2.05, 4.69) is 5.32 Å². The summed E-state index contributed by atoms with van der Waals surface area (Å²) in [5, 5.41) is 2.59. The molecule has 2 aromatic carbocycles. The number of rotatable bonds is 6. The molecule has 1 atom stereocenters. The topological polar surface area (TPSA) is 82.3 Å². The van der Waals surface area contributed by atoms with Crippen LogP contribution in [0.2, 0.25) is 0 Å². The molecule has 1 amide bonds. The molecule has 1 heterocycles. The van der Waals surface area contributed by atoms with Gasteiger partial charge in [0.25, 0.3) is 11.5 Å². The summed E-state index contributed by atoms with van der Waals surface area (Å²) in [7, 11) is 1.73. The van der Waals surface area contributed by atoms with Crippen molar-refractivity contribution >= 4 is 23.6 Å². The Morgan fingerprint density at radius 1 is 1.03 bits per heavy atom. The number of esters is 1. The van der Waals surface area contributed by atoms with Crippen LogP contribution in [-0.4, -0.2) is 27.3 Å². The van der Waals surface area contributed by atoms with Gasteiger partial charge in [0.05, 0.1) is 11.4 Å². The van der Waals surface area contributed by atoms with Crippen molar-refractivity contribution in [2.45, 2.75) is 20.0 Å². The molecule has 1 aromatic heterocycles. The fraction of sp³-hybridized carbons (Fsp3) is 0.174. The maximum Gasteiger partial charge on any atom is 0.331 e. The molecule has 3 rings (SSSR count). The van der Waals surface area contributed by atoms with E-state index >= 15 is 0 Å². The predicted molar refractivity (Wildman–Crippen MR) is 115 cm³/mol. The lowest BCUT2D eigenvalue weighted by molar-refractivity contribution is -0.148. The molecule has 0 aliphatic carbocycles. The van der Waals surface area contributed by atoms with E-state index in [1.165, 1.54) is 17.7 Å². The highest BCUT2D eigenvalue weighted by Crippen LogP contribution is 2.14. The van der Waals surface area contributed by atoms with Gasteiger partial charge < -0.3 is 10.1 Å². The van der Waals surface area contributed by atoms with Crippen molar-refractivity contribution in [2.24, 2.45) is 7.05 Å². The van der Waals surface area contributed by atoms with E-state index < -0.39 is 18.0 Å². The number of nitrogens with one attached hydrogen (secondary N) is 1. The van der Waals surface area contributed by atoms with Gasteiger partial charge in [0, 0.05) is 13.1 Å². The SMILES string of the molecule is Cc1c(NC(=O)[C@H](C)OC(=O)/C=C/c2ccccc2)c(=O)n(-c2ccccc2)n1C. The van der Waals surface area contributed by atoms with Gasteiger partial charge in [0.15, 0.2) is 6.10 Å². The van der Waals surface area contributed by atoms with Gasteiger partial charge in [-0.25, -0.2) is 9.48 Å². The fourth-order valence-electron chi connectivity index (χ4n) is 2.93. The minimum atomic E-state index is -1.07. The molecular formula is C23H23N3O4. The molecule has 0 unspecified atom stereocenters. The quantitative estimate of drug-likeness (QED) is 0.505. The Kier molecular flexibility index (Phi) is 6.32. The van der Waals surface area contributed by atoms with Crippen molar-refractivity contribution in [2.75, 3.05) is 5.32 Å². The van der Waals surface area contributed by atoms with Gasteiger partial charge in [0.1, 0.15) is 5.69 Å². The molecule has 0 aliphatic heterocycles. The van der Waals surface area contributed by atoms with Crippen molar-refractivity contribution in [3.63, 3.8) is 0 Å². The van der Waals surface area contributed by atoms with E-state index in [0.29, 0.717) is 11.4 Å². The first-order valence-corrected chi connectivity index (χ1v) is 9.47. The van der Waals surface area contributed by atoms with Crippen LogP contribution in [0.15, 0.2) is 71.5 Å². The molecule has 7 nitrogen and oxygen atoms in total. The molecule has 0 saturated carbocycles. The monoisotopic (exact) mass is 405 g/mol. The van der Waals surface area contributed by atoms with Crippen molar-refractivity contribution in [3.8, 4) is 5.69 Å². The van der Waals surface area contributed by atoms with E-state index in [0.717, 1.165) is 5.56 Å². The number of amides is 1. The molecule has 3 aromatic rings. The van der Waals surface area contributed by atoms with Crippen molar-refractivity contribution in [3.05, 3.63) is 88.4 Å². The lowest BCUT2D eigenvalue weighted by atomic mass is 10.2. The summed E-state index contributed by atoms with van der Waals surface area (Å²) in [5.74, 6) is -1.23.